The summed E-state index contributed by atoms with van der Waals surface area (Å²) in [7, 11) is 0. The van der Waals surface area contributed by atoms with Crippen LogP contribution in [0.15, 0.2) is 22.8 Å². The van der Waals surface area contributed by atoms with Crippen LogP contribution in [0.3, 0.4) is 0 Å². The van der Waals surface area contributed by atoms with E-state index >= 15 is 0 Å². The van der Waals surface area contributed by atoms with Crippen LogP contribution in [-0.2, 0) is 11.2 Å². The highest BCUT2D eigenvalue weighted by Crippen LogP contribution is 2.03. The van der Waals surface area contributed by atoms with Gasteiger partial charge in [-0.3, -0.25) is 4.79 Å². The average molecular weight is 195 g/mol. The summed E-state index contributed by atoms with van der Waals surface area (Å²) in [5, 5.41) is 2.91. The minimum Gasteiger partial charge on any atom is -0.469 e. The lowest BCUT2D eigenvalue weighted by molar-refractivity contribution is -0.121. The number of nitrogens with one attached hydrogen (secondary N) is 1. The highest BCUT2D eigenvalue weighted by Gasteiger charge is 2.06. The molecule has 0 aromatic carbocycles. The highest BCUT2D eigenvalue weighted by molar-refractivity contribution is 5.76. The molecule has 78 valence electrons. The van der Waals surface area contributed by atoms with E-state index < -0.39 is 0 Å². The predicted molar refractivity (Wildman–Crippen MR) is 54.9 cm³/mol. The molecule has 1 aromatic rings. The third-order valence-electron chi connectivity index (χ3n) is 2.20. The first-order valence-corrected chi connectivity index (χ1v) is 5.04. The van der Waals surface area contributed by atoms with Crippen LogP contribution in [0.25, 0.3) is 0 Å². The molecule has 0 bridgehead atoms. The Morgan fingerprint density at radius 3 is 3.00 bits per heavy atom. The van der Waals surface area contributed by atoms with E-state index in [0.29, 0.717) is 12.8 Å². The van der Waals surface area contributed by atoms with Crippen molar-refractivity contribution >= 4 is 5.91 Å². The van der Waals surface area contributed by atoms with Gasteiger partial charge < -0.3 is 9.73 Å². The number of carbonyl (C=O) groups excluding carboxylic acids is 1. The van der Waals surface area contributed by atoms with Crippen molar-refractivity contribution in [3.63, 3.8) is 0 Å². The molecule has 0 aliphatic carbocycles. The van der Waals surface area contributed by atoms with Crippen molar-refractivity contribution in [1.82, 2.24) is 5.32 Å². The largest absolute Gasteiger partial charge is 0.469 e. The molecule has 0 saturated carbocycles. The molecule has 3 heteroatoms. The zero-order chi connectivity index (χ0) is 10.4. The Balaban J connectivity index is 2.22. The fourth-order valence-corrected chi connectivity index (χ4v) is 1.14. The molecule has 3 nitrogen and oxygen atoms in total. The van der Waals surface area contributed by atoms with Crippen LogP contribution in [0, 0.1) is 0 Å². The van der Waals surface area contributed by atoms with E-state index in [0.717, 1.165) is 12.2 Å². The summed E-state index contributed by atoms with van der Waals surface area (Å²) < 4.78 is 5.14. The van der Waals surface area contributed by atoms with Gasteiger partial charge in [0, 0.05) is 18.9 Å². The van der Waals surface area contributed by atoms with Crippen LogP contribution in [0.2, 0.25) is 0 Å². The lowest BCUT2D eigenvalue weighted by atomic mass is 10.2. The zero-order valence-corrected chi connectivity index (χ0v) is 8.75. The van der Waals surface area contributed by atoms with Crippen LogP contribution in [0.1, 0.15) is 32.4 Å². The summed E-state index contributed by atoms with van der Waals surface area (Å²) in [5.41, 5.74) is 0. The van der Waals surface area contributed by atoms with Crippen molar-refractivity contribution in [3.05, 3.63) is 24.2 Å². The number of rotatable bonds is 5. The third-order valence-corrected chi connectivity index (χ3v) is 2.20. The number of carbonyl (C=O) groups is 1. The average Bonchev–Trinajstić information content (AvgIpc) is 2.67. The first-order chi connectivity index (χ1) is 6.72. The van der Waals surface area contributed by atoms with Crippen LogP contribution in [0.4, 0.5) is 0 Å². The van der Waals surface area contributed by atoms with Crippen molar-refractivity contribution in [1.29, 1.82) is 0 Å². The topological polar surface area (TPSA) is 42.2 Å². The van der Waals surface area contributed by atoms with Gasteiger partial charge in [-0.25, -0.2) is 0 Å². The first-order valence-electron chi connectivity index (χ1n) is 5.04. The number of hydrogen-bond acceptors (Lipinski definition) is 2. The molecule has 0 aliphatic heterocycles. The van der Waals surface area contributed by atoms with Crippen LogP contribution >= 0.6 is 0 Å². The van der Waals surface area contributed by atoms with E-state index in [1.807, 2.05) is 19.1 Å². The Morgan fingerprint density at radius 2 is 2.43 bits per heavy atom. The molecule has 0 spiro atoms. The maximum atomic E-state index is 11.4. The SMILES string of the molecule is CCC(C)NC(=O)CCc1ccco1. The fraction of sp³-hybridized carbons (Fsp3) is 0.545. The summed E-state index contributed by atoms with van der Waals surface area (Å²) in [5.74, 6) is 0.958. The van der Waals surface area contributed by atoms with Crippen molar-refractivity contribution < 1.29 is 9.21 Å². The molecule has 1 atom stereocenters. The summed E-state index contributed by atoms with van der Waals surface area (Å²) in [6, 6.07) is 3.98. The number of amides is 1. The maximum absolute atomic E-state index is 11.4. The molecular weight excluding hydrogens is 178 g/mol. The normalized spacial score (nSPS) is 12.4. The molecule has 0 radical (unpaired) electrons. The van der Waals surface area contributed by atoms with Gasteiger partial charge in [0.1, 0.15) is 5.76 Å². The van der Waals surface area contributed by atoms with E-state index in [4.69, 9.17) is 4.42 Å². The van der Waals surface area contributed by atoms with Gasteiger partial charge in [-0.2, -0.15) is 0 Å². The Labute approximate surface area is 84.5 Å². The molecule has 0 fully saturated rings. The van der Waals surface area contributed by atoms with Gasteiger partial charge in [-0.15, -0.1) is 0 Å². The summed E-state index contributed by atoms with van der Waals surface area (Å²) in [4.78, 5) is 11.4. The molecule has 14 heavy (non-hydrogen) atoms. The molecule has 0 saturated heterocycles. The molecule has 1 rings (SSSR count). The Morgan fingerprint density at radius 1 is 1.64 bits per heavy atom. The monoisotopic (exact) mass is 195 g/mol. The summed E-state index contributed by atoms with van der Waals surface area (Å²) in [6.45, 7) is 4.06. The quantitative estimate of drug-likeness (QED) is 0.782. The Bertz CT molecular complexity index is 267. The smallest absolute Gasteiger partial charge is 0.220 e. The zero-order valence-electron chi connectivity index (χ0n) is 8.75. The molecule has 1 aromatic heterocycles. The molecule has 0 aliphatic rings. The van der Waals surface area contributed by atoms with E-state index in [1.54, 1.807) is 6.26 Å². The van der Waals surface area contributed by atoms with Crippen molar-refractivity contribution in [3.8, 4) is 0 Å². The second kappa shape index (κ2) is 5.47. The van der Waals surface area contributed by atoms with Crippen LogP contribution in [0.5, 0.6) is 0 Å². The van der Waals surface area contributed by atoms with E-state index in [9.17, 15) is 4.79 Å². The molecule has 1 amide bonds. The van der Waals surface area contributed by atoms with Gasteiger partial charge in [-0.1, -0.05) is 6.92 Å². The molecular formula is C11H17NO2. The van der Waals surface area contributed by atoms with E-state index in [2.05, 4.69) is 12.2 Å². The third kappa shape index (κ3) is 3.64. The summed E-state index contributed by atoms with van der Waals surface area (Å²) in [6.07, 6.45) is 3.77. The molecule has 1 N–H and O–H groups in total. The lowest BCUT2D eigenvalue weighted by Crippen LogP contribution is -2.31. The number of furan rings is 1. The van der Waals surface area contributed by atoms with Gasteiger partial charge in [0.2, 0.25) is 5.91 Å². The number of hydrogen-bond donors (Lipinski definition) is 1. The molecule has 1 unspecified atom stereocenters. The Kier molecular flexibility index (Phi) is 4.23. The van der Waals surface area contributed by atoms with Gasteiger partial charge in [0.25, 0.3) is 0 Å². The van der Waals surface area contributed by atoms with Crippen LogP contribution in [-0.4, -0.2) is 11.9 Å². The van der Waals surface area contributed by atoms with Crippen molar-refractivity contribution in [2.75, 3.05) is 0 Å². The van der Waals surface area contributed by atoms with Gasteiger partial charge in [0.05, 0.1) is 6.26 Å². The van der Waals surface area contributed by atoms with Crippen molar-refractivity contribution in [2.45, 2.75) is 39.2 Å². The lowest BCUT2D eigenvalue weighted by Gasteiger charge is -2.10. The second-order valence-electron chi connectivity index (χ2n) is 3.46. The minimum absolute atomic E-state index is 0.0933. The number of aryl methyl sites for hydroxylation is 1. The first kappa shape index (κ1) is 10.8. The second-order valence-corrected chi connectivity index (χ2v) is 3.46. The van der Waals surface area contributed by atoms with Crippen molar-refractivity contribution in [2.24, 2.45) is 0 Å². The fourth-order valence-electron chi connectivity index (χ4n) is 1.14. The maximum Gasteiger partial charge on any atom is 0.220 e. The van der Waals surface area contributed by atoms with Gasteiger partial charge in [-0.05, 0) is 25.5 Å². The van der Waals surface area contributed by atoms with Gasteiger partial charge in [0.15, 0.2) is 0 Å². The summed E-state index contributed by atoms with van der Waals surface area (Å²) >= 11 is 0. The van der Waals surface area contributed by atoms with Crippen LogP contribution < -0.4 is 5.32 Å². The standard InChI is InChI=1S/C11H17NO2/c1-3-9(2)12-11(13)7-6-10-5-4-8-14-10/h4-5,8-9H,3,6-7H2,1-2H3,(H,12,13). The predicted octanol–water partition coefficient (Wildman–Crippen LogP) is 2.13. The highest BCUT2D eigenvalue weighted by atomic mass is 16.3. The van der Waals surface area contributed by atoms with Gasteiger partial charge >= 0.3 is 0 Å². The van der Waals surface area contributed by atoms with E-state index in [-0.39, 0.29) is 11.9 Å². The minimum atomic E-state index is 0.0933. The Hall–Kier alpha value is -1.25. The molecule has 1 heterocycles. The van der Waals surface area contributed by atoms with E-state index in [1.165, 1.54) is 0 Å².